The van der Waals surface area contributed by atoms with Crippen molar-refractivity contribution in [3.8, 4) is 11.5 Å². The summed E-state index contributed by atoms with van der Waals surface area (Å²) in [7, 11) is -4.55. The number of aliphatic hydroxyl groups excluding tert-OH is 2. The van der Waals surface area contributed by atoms with Crippen molar-refractivity contribution in [3.05, 3.63) is 65.7 Å². The molecule has 0 unspecified atom stereocenters. The van der Waals surface area contributed by atoms with Gasteiger partial charge in [-0.05, 0) is 89.1 Å². The molecule has 7 rings (SSSR count). The Morgan fingerprint density at radius 3 is 1.58 bits per heavy atom. The predicted octanol–water partition coefficient (Wildman–Crippen LogP) is 8.77. The summed E-state index contributed by atoms with van der Waals surface area (Å²) in [4.78, 5) is 29.0. The van der Waals surface area contributed by atoms with E-state index in [9.17, 15) is 23.2 Å². The van der Waals surface area contributed by atoms with Gasteiger partial charge < -0.3 is 45.0 Å². The van der Waals surface area contributed by atoms with Gasteiger partial charge in [0.05, 0.1) is 65.1 Å². The lowest BCUT2D eigenvalue weighted by atomic mass is 10.2. The minimum absolute atomic E-state index is 0.0502. The van der Waals surface area contributed by atoms with Crippen molar-refractivity contribution in [1.82, 2.24) is 24.9 Å². The average molecular weight is 1080 g/mol. The molecule has 4 aromatic carbocycles. The highest BCUT2D eigenvalue weighted by Gasteiger charge is 2.23. The van der Waals surface area contributed by atoms with Crippen LogP contribution in [0.15, 0.2) is 79.9 Å². The fourth-order valence-electron chi connectivity index (χ4n) is 7.46. The summed E-state index contributed by atoms with van der Waals surface area (Å²) in [6.45, 7) is 14.2. The fourth-order valence-corrected chi connectivity index (χ4v) is 10.1. The summed E-state index contributed by atoms with van der Waals surface area (Å²) < 4.78 is 73.1. The second kappa shape index (κ2) is 25.0. The zero-order valence-corrected chi connectivity index (χ0v) is 44.3. The molecule has 28 heteroatoms. The molecule has 0 amide bonds. The third kappa shape index (κ3) is 13.9. The van der Waals surface area contributed by atoms with Crippen LogP contribution in [0.25, 0.3) is 20.4 Å². The molecule has 0 aliphatic carbocycles. The Kier molecular flexibility index (Phi) is 18.9. The Morgan fingerprint density at radius 1 is 0.630 bits per heavy atom. The van der Waals surface area contributed by atoms with Crippen LogP contribution < -0.4 is 34.8 Å². The summed E-state index contributed by atoms with van der Waals surface area (Å²) in [5.41, 5.74) is 5.66. The van der Waals surface area contributed by atoms with Crippen LogP contribution >= 0.6 is 22.7 Å². The Morgan fingerprint density at radius 2 is 1.11 bits per heavy atom. The Bertz CT molecular complexity index is 3360. The molecule has 0 atom stereocenters. The van der Waals surface area contributed by atoms with Crippen molar-refractivity contribution in [2.24, 2.45) is 20.5 Å². The number of aromatic nitrogens is 5. The molecule has 24 nitrogen and oxygen atoms in total. The van der Waals surface area contributed by atoms with Gasteiger partial charge in [-0.2, -0.15) is 23.4 Å². The molecule has 3 heterocycles. The van der Waals surface area contributed by atoms with E-state index in [0.717, 1.165) is 38.5 Å². The van der Waals surface area contributed by atoms with Gasteiger partial charge in [-0.15, -0.1) is 33.1 Å². The monoisotopic (exact) mass is 1080 g/mol. The molecule has 0 bridgehead atoms. The molecule has 5 N–H and O–H groups in total. The van der Waals surface area contributed by atoms with Crippen LogP contribution in [0.1, 0.15) is 38.8 Å². The molecule has 388 valence electrons. The van der Waals surface area contributed by atoms with Gasteiger partial charge in [-0.25, -0.2) is 9.97 Å². The van der Waals surface area contributed by atoms with Crippen LogP contribution in [0.4, 0.5) is 62.2 Å². The zero-order chi connectivity index (χ0) is 53.0. The standard InChI is InChI=1S/C45H54N14O7S3.O3S/c1-9-57(10-2)33-22-29(31(24-35(33)65-7)53-55-44-48-28-14-13-26(5)19-37(28)67-44)46-41-50-42(52-43(51-41)59(15-17-60)16-18-61)47-30-23-34(58(11-3)12-4)36(66-8)25-32(30)54-56-45-49-40-38(68-45)20-27(6)21-39(40)69(62,63)64;1-4(2)3/h13-14,19-25,60-61H,9-12,15-18H2,1-8H3,(H,62,63,64)(H2,46,47,50,51,52);. The summed E-state index contributed by atoms with van der Waals surface area (Å²) in [6, 6.07) is 16.3. The van der Waals surface area contributed by atoms with Crippen molar-refractivity contribution in [3.63, 3.8) is 0 Å². The smallest absolute Gasteiger partial charge is 0.425 e. The second-order valence-corrected chi connectivity index (χ2v) is 19.4. The SMILES string of the molecule is CCN(CC)c1cc(Nc2nc(Nc3cc(N(CC)CC)c(OC)cc3N=Nc3nc4c(S(=O)(=O)O)cc(C)cc4s3)nc(N(CCO)CCO)n2)c(N=Nc2nc3ccc(C)cc3s2)cc1OC.O=S(=O)=O. The molecule has 0 saturated carbocycles. The summed E-state index contributed by atoms with van der Waals surface area (Å²) in [5, 5.41) is 45.7. The van der Waals surface area contributed by atoms with Gasteiger partial charge in [0.1, 0.15) is 33.3 Å². The van der Waals surface area contributed by atoms with Gasteiger partial charge in [0.2, 0.25) is 28.1 Å². The highest BCUT2D eigenvalue weighted by atomic mass is 32.2. The number of hydrogen-bond acceptors (Lipinski definition) is 25. The molecule has 7 aromatic rings. The lowest BCUT2D eigenvalue weighted by Gasteiger charge is -2.25. The number of thiazole rings is 2. The van der Waals surface area contributed by atoms with E-state index in [-0.39, 0.29) is 65.4 Å². The number of hydrogen-bond donors (Lipinski definition) is 5. The van der Waals surface area contributed by atoms with E-state index in [1.807, 2.05) is 58.9 Å². The fraction of sp³-hybridized carbons (Fsp3) is 0.356. The first-order chi connectivity index (χ1) is 34.9. The van der Waals surface area contributed by atoms with Crippen LogP contribution in [-0.2, 0) is 20.7 Å². The van der Waals surface area contributed by atoms with Crippen molar-refractivity contribution < 1.29 is 45.3 Å². The summed E-state index contributed by atoms with van der Waals surface area (Å²) >= 11 is 2.52. The Balaban J connectivity index is 0.00000209. The molecule has 0 aliphatic heterocycles. The van der Waals surface area contributed by atoms with Crippen LogP contribution in [0.3, 0.4) is 0 Å². The molecule has 73 heavy (non-hydrogen) atoms. The summed E-state index contributed by atoms with van der Waals surface area (Å²) in [6.07, 6.45) is 0. The number of methoxy groups -OCH3 is 2. The highest BCUT2D eigenvalue weighted by Crippen LogP contribution is 2.43. The Labute approximate surface area is 430 Å². The van der Waals surface area contributed by atoms with Gasteiger partial charge in [-0.1, -0.05) is 28.7 Å². The zero-order valence-electron chi connectivity index (χ0n) is 41.1. The van der Waals surface area contributed by atoms with Crippen molar-refractivity contribution >= 4 is 126 Å². The van der Waals surface area contributed by atoms with E-state index < -0.39 is 20.7 Å². The average Bonchev–Trinajstić information content (AvgIpc) is 3.96. The molecular weight excluding hydrogens is 1020 g/mol. The molecule has 0 radical (unpaired) electrons. The first-order valence-electron chi connectivity index (χ1n) is 22.5. The molecular formula is C45H54N14O10S4. The van der Waals surface area contributed by atoms with E-state index in [1.54, 1.807) is 44.2 Å². The lowest BCUT2D eigenvalue weighted by molar-refractivity contribution is 0.280. The van der Waals surface area contributed by atoms with E-state index in [0.29, 0.717) is 70.1 Å². The van der Waals surface area contributed by atoms with Crippen molar-refractivity contribution in [1.29, 1.82) is 0 Å². The number of rotatable bonds is 22. The van der Waals surface area contributed by atoms with E-state index in [1.165, 1.54) is 17.4 Å². The highest BCUT2D eigenvalue weighted by molar-refractivity contribution is 7.86. The van der Waals surface area contributed by atoms with Crippen LogP contribution in [0.5, 0.6) is 11.5 Å². The maximum absolute atomic E-state index is 12.3. The van der Waals surface area contributed by atoms with Gasteiger partial charge in [-0.3, -0.25) is 4.55 Å². The topological polar surface area (TPSA) is 312 Å². The molecule has 3 aromatic heterocycles. The minimum atomic E-state index is -4.58. The third-order valence-corrected chi connectivity index (χ3v) is 13.5. The lowest BCUT2D eigenvalue weighted by Crippen LogP contribution is -2.31. The van der Waals surface area contributed by atoms with E-state index >= 15 is 0 Å². The number of nitrogens with zero attached hydrogens (tertiary/aromatic N) is 12. The number of fused-ring (bicyclic) bond motifs is 2. The molecule has 0 saturated heterocycles. The second-order valence-electron chi connectivity index (χ2n) is 15.5. The van der Waals surface area contributed by atoms with Crippen LogP contribution in [0.2, 0.25) is 0 Å². The van der Waals surface area contributed by atoms with Gasteiger partial charge in [0.25, 0.3) is 10.1 Å². The minimum Gasteiger partial charge on any atom is -0.494 e. The first kappa shape index (κ1) is 55.2. The molecule has 0 spiro atoms. The summed E-state index contributed by atoms with van der Waals surface area (Å²) in [5.74, 6) is 1.32. The maximum Gasteiger partial charge on any atom is 0.425 e. The van der Waals surface area contributed by atoms with Crippen LogP contribution in [0, 0.1) is 13.8 Å². The van der Waals surface area contributed by atoms with Gasteiger partial charge in [0.15, 0.2) is 0 Å². The quantitative estimate of drug-likeness (QED) is 0.0313. The van der Waals surface area contributed by atoms with E-state index in [2.05, 4.69) is 56.9 Å². The third-order valence-electron chi connectivity index (χ3n) is 10.8. The van der Waals surface area contributed by atoms with Crippen molar-refractivity contribution in [2.75, 3.05) is 92.0 Å². The largest absolute Gasteiger partial charge is 0.494 e. The number of aryl methyl sites for hydroxylation is 2. The van der Waals surface area contributed by atoms with E-state index in [4.69, 9.17) is 37.1 Å². The number of nitrogens with one attached hydrogen (secondary N) is 2. The molecule has 0 aliphatic rings. The van der Waals surface area contributed by atoms with Gasteiger partial charge >= 0.3 is 10.6 Å². The first-order valence-corrected chi connectivity index (χ1v) is 26.6. The number of ether oxygens (including phenoxy) is 2. The Hall–Kier alpha value is -7.08. The van der Waals surface area contributed by atoms with Crippen molar-refractivity contribution in [2.45, 2.75) is 46.4 Å². The maximum atomic E-state index is 12.3. The number of anilines is 7. The normalized spacial score (nSPS) is 11.5. The van der Waals surface area contributed by atoms with Gasteiger partial charge in [0, 0.05) is 51.4 Å². The predicted molar refractivity (Wildman–Crippen MR) is 282 cm³/mol. The molecule has 0 fully saturated rings. The number of azo groups is 2. The number of aliphatic hydroxyl groups is 2. The van der Waals surface area contributed by atoms with Crippen LogP contribution in [-0.4, -0.2) is 127 Å². The number of benzene rings is 4.